The number of nitrogens with zero attached hydrogens (tertiary/aromatic N) is 3. The van der Waals surface area contributed by atoms with Gasteiger partial charge in [0.1, 0.15) is 5.15 Å². The van der Waals surface area contributed by atoms with Gasteiger partial charge in [-0.3, -0.25) is 9.69 Å². The number of hydrogen-bond acceptors (Lipinski definition) is 3. The van der Waals surface area contributed by atoms with Crippen LogP contribution in [-0.2, 0) is 0 Å². The average Bonchev–Trinajstić information content (AvgIpc) is 2.77. The number of carbonyl (C=O) groups excluding carboxylic acids is 1. The molecule has 0 saturated carbocycles. The highest BCUT2D eigenvalue weighted by Gasteiger charge is 2.28. The molecule has 0 radical (unpaired) electrons. The van der Waals surface area contributed by atoms with Crippen molar-refractivity contribution in [2.45, 2.75) is 6.04 Å². The van der Waals surface area contributed by atoms with E-state index in [9.17, 15) is 4.79 Å². The summed E-state index contributed by atoms with van der Waals surface area (Å²) in [6.07, 6.45) is 1.49. The maximum Gasteiger partial charge on any atom is 0.255 e. The quantitative estimate of drug-likeness (QED) is 0.490. The third-order valence-corrected chi connectivity index (χ3v) is 5.93. The highest BCUT2D eigenvalue weighted by molar-refractivity contribution is 6.41. The van der Waals surface area contributed by atoms with E-state index >= 15 is 0 Å². The van der Waals surface area contributed by atoms with Gasteiger partial charge in [0.25, 0.3) is 5.91 Å². The van der Waals surface area contributed by atoms with E-state index in [0.717, 1.165) is 13.1 Å². The second-order valence-electron chi connectivity index (χ2n) is 7.05. The van der Waals surface area contributed by atoms with E-state index in [2.05, 4.69) is 58.4 Å². The zero-order valence-corrected chi connectivity index (χ0v) is 18.6. The Morgan fingerprint density at radius 3 is 1.90 bits per heavy atom. The predicted octanol–water partition coefficient (Wildman–Crippen LogP) is 5.36. The van der Waals surface area contributed by atoms with Gasteiger partial charge in [-0.1, -0.05) is 83.9 Å². The van der Waals surface area contributed by atoms with E-state index in [4.69, 9.17) is 23.2 Å². The number of hydrogen-bond donors (Lipinski definition) is 0. The first-order chi connectivity index (χ1) is 14.1. The van der Waals surface area contributed by atoms with E-state index in [1.807, 2.05) is 17.0 Å². The van der Waals surface area contributed by atoms with E-state index in [1.54, 1.807) is 6.07 Å². The molecule has 1 aromatic heterocycles. The van der Waals surface area contributed by atoms with Gasteiger partial charge in [-0.05, 0) is 17.2 Å². The molecule has 0 unspecified atom stereocenters. The Kier molecular flexibility index (Phi) is 7.73. The Labute approximate surface area is 192 Å². The molecule has 1 amide bonds. The standard InChI is InChI=1S/C23H21Cl2N3O.ClH/c24-20-15-19(16-26-22(20)25)23(29)28-13-11-27(12-14-28)21(17-7-3-1-4-8-17)18-9-5-2-6-10-18;/h1-10,15-16,21H,11-14H2;1H. The molecule has 0 aliphatic carbocycles. The first kappa shape index (κ1) is 22.6. The lowest BCUT2D eigenvalue weighted by molar-refractivity contribution is 0.0597. The number of halogens is 3. The molecular formula is C23H22Cl3N3O. The van der Waals surface area contributed by atoms with E-state index < -0.39 is 0 Å². The fourth-order valence-electron chi connectivity index (χ4n) is 3.79. The maximum absolute atomic E-state index is 12.8. The third-order valence-electron chi connectivity index (χ3n) is 5.24. The van der Waals surface area contributed by atoms with Gasteiger partial charge in [-0.15, -0.1) is 12.4 Å². The fourth-order valence-corrected chi connectivity index (χ4v) is 4.06. The summed E-state index contributed by atoms with van der Waals surface area (Å²) in [4.78, 5) is 21.1. The fraction of sp³-hybridized carbons (Fsp3) is 0.217. The minimum Gasteiger partial charge on any atom is -0.336 e. The molecule has 2 aromatic carbocycles. The van der Waals surface area contributed by atoms with Crippen LogP contribution in [0.5, 0.6) is 0 Å². The van der Waals surface area contributed by atoms with Gasteiger partial charge in [-0.25, -0.2) is 4.98 Å². The normalized spacial score (nSPS) is 14.4. The first-order valence-corrected chi connectivity index (χ1v) is 10.3. The van der Waals surface area contributed by atoms with Crippen LogP contribution in [-0.4, -0.2) is 46.9 Å². The molecule has 2 heterocycles. The van der Waals surface area contributed by atoms with Crippen LogP contribution in [0.15, 0.2) is 72.9 Å². The number of benzene rings is 2. The predicted molar refractivity (Wildman–Crippen MR) is 124 cm³/mol. The van der Waals surface area contributed by atoms with E-state index in [0.29, 0.717) is 23.7 Å². The largest absolute Gasteiger partial charge is 0.336 e. The van der Waals surface area contributed by atoms with E-state index in [1.165, 1.54) is 17.3 Å². The van der Waals surface area contributed by atoms with Crippen LogP contribution < -0.4 is 0 Å². The van der Waals surface area contributed by atoms with Crippen molar-refractivity contribution in [1.82, 2.24) is 14.8 Å². The molecule has 1 aliphatic heterocycles. The van der Waals surface area contributed by atoms with Crippen LogP contribution in [0.1, 0.15) is 27.5 Å². The molecule has 4 nitrogen and oxygen atoms in total. The van der Waals surface area contributed by atoms with E-state index in [-0.39, 0.29) is 29.5 Å². The van der Waals surface area contributed by atoms with Gasteiger partial charge in [0.05, 0.1) is 16.6 Å². The van der Waals surface area contributed by atoms with Gasteiger partial charge < -0.3 is 4.90 Å². The summed E-state index contributed by atoms with van der Waals surface area (Å²) in [6, 6.07) is 22.8. The highest BCUT2D eigenvalue weighted by atomic mass is 35.5. The average molecular weight is 463 g/mol. The Morgan fingerprint density at radius 2 is 1.40 bits per heavy atom. The van der Waals surface area contributed by atoms with Crippen LogP contribution in [0.3, 0.4) is 0 Å². The van der Waals surface area contributed by atoms with Crippen molar-refractivity contribution < 1.29 is 4.79 Å². The molecule has 4 rings (SSSR count). The lowest BCUT2D eigenvalue weighted by atomic mass is 9.96. The summed E-state index contributed by atoms with van der Waals surface area (Å²) in [6.45, 7) is 2.87. The number of amides is 1. The Balaban J connectivity index is 0.00000256. The van der Waals surface area contributed by atoms with Gasteiger partial charge in [0.2, 0.25) is 0 Å². The van der Waals surface area contributed by atoms with Crippen molar-refractivity contribution in [2.75, 3.05) is 26.2 Å². The third kappa shape index (κ3) is 4.96. The molecule has 0 spiro atoms. The summed E-state index contributed by atoms with van der Waals surface area (Å²) in [5.74, 6) is -0.0633. The number of piperazine rings is 1. The first-order valence-electron chi connectivity index (χ1n) is 9.58. The molecule has 0 atom stereocenters. The van der Waals surface area contributed by atoms with Crippen molar-refractivity contribution in [3.8, 4) is 0 Å². The van der Waals surface area contributed by atoms with Gasteiger partial charge in [0.15, 0.2) is 0 Å². The summed E-state index contributed by atoms with van der Waals surface area (Å²) >= 11 is 11.9. The van der Waals surface area contributed by atoms with Crippen LogP contribution in [0.4, 0.5) is 0 Å². The SMILES string of the molecule is Cl.O=C(c1cnc(Cl)c(Cl)c1)N1CCN(C(c2ccccc2)c2ccccc2)CC1. The molecule has 1 fully saturated rings. The van der Waals surface area contributed by atoms with Crippen molar-refractivity contribution in [3.63, 3.8) is 0 Å². The van der Waals surface area contributed by atoms with Crippen LogP contribution in [0.25, 0.3) is 0 Å². The number of rotatable bonds is 4. The molecule has 156 valence electrons. The van der Waals surface area contributed by atoms with Gasteiger partial charge in [0, 0.05) is 32.4 Å². The molecule has 3 aromatic rings. The Bertz CT molecular complexity index is 938. The zero-order valence-electron chi connectivity index (χ0n) is 16.2. The Hall–Kier alpha value is -2.11. The summed E-state index contributed by atoms with van der Waals surface area (Å²) in [5.41, 5.74) is 2.98. The molecule has 30 heavy (non-hydrogen) atoms. The molecule has 1 aliphatic rings. The second-order valence-corrected chi connectivity index (χ2v) is 7.81. The van der Waals surface area contributed by atoms with Crippen molar-refractivity contribution in [2.24, 2.45) is 0 Å². The van der Waals surface area contributed by atoms with Crippen LogP contribution in [0, 0.1) is 0 Å². The molecule has 0 N–H and O–H groups in total. The van der Waals surface area contributed by atoms with Crippen molar-refractivity contribution in [1.29, 1.82) is 0 Å². The van der Waals surface area contributed by atoms with Gasteiger partial charge in [-0.2, -0.15) is 0 Å². The minimum atomic E-state index is -0.0633. The van der Waals surface area contributed by atoms with Crippen molar-refractivity contribution in [3.05, 3.63) is 99.8 Å². The van der Waals surface area contributed by atoms with Crippen LogP contribution in [0.2, 0.25) is 10.2 Å². The zero-order chi connectivity index (χ0) is 20.2. The monoisotopic (exact) mass is 461 g/mol. The lowest BCUT2D eigenvalue weighted by Gasteiger charge is -2.39. The van der Waals surface area contributed by atoms with Gasteiger partial charge >= 0.3 is 0 Å². The highest BCUT2D eigenvalue weighted by Crippen LogP contribution is 2.30. The maximum atomic E-state index is 12.8. The number of carbonyl (C=O) groups is 1. The summed E-state index contributed by atoms with van der Waals surface area (Å²) in [5, 5.41) is 0.506. The summed E-state index contributed by atoms with van der Waals surface area (Å²) < 4.78 is 0. The Morgan fingerprint density at radius 1 is 0.867 bits per heavy atom. The smallest absolute Gasteiger partial charge is 0.255 e. The molecular weight excluding hydrogens is 441 g/mol. The lowest BCUT2D eigenvalue weighted by Crippen LogP contribution is -2.49. The van der Waals surface area contributed by atoms with Crippen LogP contribution >= 0.6 is 35.6 Å². The number of aromatic nitrogens is 1. The van der Waals surface area contributed by atoms with Crippen molar-refractivity contribution >= 4 is 41.5 Å². The molecule has 7 heteroatoms. The topological polar surface area (TPSA) is 36.4 Å². The minimum absolute atomic E-state index is 0. The molecule has 1 saturated heterocycles. The summed E-state index contributed by atoms with van der Waals surface area (Å²) in [7, 11) is 0. The number of pyridine rings is 1. The second kappa shape index (κ2) is 10.3. The molecule has 0 bridgehead atoms.